The number of aryl methyl sites for hydroxylation is 1. The van der Waals surface area contributed by atoms with Crippen molar-refractivity contribution >= 4 is 23.3 Å². The highest BCUT2D eigenvalue weighted by molar-refractivity contribution is 8.00. The molecule has 0 aliphatic heterocycles. The van der Waals surface area contributed by atoms with Gasteiger partial charge in [0, 0.05) is 12.2 Å². The minimum atomic E-state index is -0.376. The monoisotopic (exact) mass is 312 g/mol. The summed E-state index contributed by atoms with van der Waals surface area (Å²) < 4.78 is 5.34. The summed E-state index contributed by atoms with van der Waals surface area (Å²) in [6, 6.07) is 2.39. The number of hydrogen-bond donors (Lipinski definition) is 1. The Hall–Kier alpha value is -0.640. The molecule has 1 aromatic heterocycles. The van der Waals surface area contributed by atoms with Gasteiger partial charge in [0.15, 0.2) is 4.34 Å². The third kappa shape index (κ3) is 6.21. The topological polar surface area (TPSA) is 61.6 Å². The molecule has 1 aromatic rings. The summed E-state index contributed by atoms with van der Waals surface area (Å²) in [4.78, 5) is 4.44. The highest BCUT2D eigenvalue weighted by Gasteiger charge is 2.21. The smallest absolute Gasteiger partial charge is 0.170 e. The molecule has 20 heavy (non-hydrogen) atoms. The standard InChI is InChI=1S/C14H24N4S2/c1-4-9-16-14(3,11-15)8-6-7-10-19-13-17-12(5-2)18-20-13/h16H,4-10H2,1-3H3. The molecule has 0 aromatic carbocycles. The Balaban J connectivity index is 2.19. The van der Waals surface area contributed by atoms with Crippen molar-refractivity contribution in [1.29, 1.82) is 5.26 Å². The Bertz CT molecular complexity index is 427. The summed E-state index contributed by atoms with van der Waals surface area (Å²) in [6.45, 7) is 7.09. The number of unbranched alkanes of at least 4 members (excludes halogenated alkanes) is 1. The lowest BCUT2D eigenvalue weighted by molar-refractivity contribution is 0.406. The van der Waals surface area contributed by atoms with Gasteiger partial charge in [0.25, 0.3) is 0 Å². The third-order valence-corrected chi connectivity index (χ3v) is 5.03. The molecule has 0 amide bonds. The van der Waals surface area contributed by atoms with E-state index in [1.54, 1.807) is 11.8 Å². The molecule has 1 rings (SSSR count). The van der Waals surface area contributed by atoms with Crippen molar-refractivity contribution in [2.45, 2.75) is 62.8 Å². The number of nitriles is 1. The lowest BCUT2D eigenvalue weighted by atomic mass is 9.96. The van der Waals surface area contributed by atoms with Crippen molar-refractivity contribution in [1.82, 2.24) is 14.7 Å². The zero-order valence-corrected chi connectivity index (χ0v) is 14.2. The molecule has 1 unspecified atom stereocenters. The average molecular weight is 313 g/mol. The maximum atomic E-state index is 9.24. The average Bonchev–Trinajstić information content (AvgIpc) is 2.93. The zero-order valence-electron chi connectivity index (χ0n) is 12.6. The van der Waals surface area contributed by atoms with Crippen LogP contribution in [-0.2, 0) is 6.42 Å². The molecule has 0 bridgehead atoms. The van der Waals surface area contributed by atoms with Gasteiger partial charge in [-0.15, -0.1) is 0 Å². The van der Waals surface area contributed by atoms with Crippen LogP contribution in [0.15, 0.2) is 4.34 Å². The van der Waals surface area contributed by atoms with Crippen molar-refractivity contribution in [3.63, 3.8) is 0 Å². The summed E-state index contributed by atoms with van der Waals surface area (Å²) in [5, 5.41) is 12.6. The van der Waals surface area contributed by atoms with Gasteiger partial charge in [-0.3, -0.25) is 5.32 Å². The molecule has 1 atom stereocenters. The van der Waals surface area contributed by atoms with E-state index in [2.05, 4.69) is 34.6 Å². The van der Waals surface area contributed by atoms with Crippen LogP contribution in [0.4, 0.5) is 0 Å². The number of hydrogen-bond acceptors (Lipinski definition) is 6. The van der Waals surface area contributed by atoms with Crippen LogP contribution in [0.25, 0.3) is 0 Å². The van der Waals surface area contributed by atoms with Gasteiger partial charge in [-0.25, -0.2) is 4.98 Å². The molecule has 0 spiro atoms. The molecule has 0 aliphatic carbocycles. The van der Waals surface area contributed by atoms with Gasteiger partial charge >= 0.3 is 0 Å². The lowest BCUT2D eigenvalue weighted by Gasteiger charge is -2.22. The summed E-state index contributed by atoms with van der Waals surface area (Å²) in [7, 11) is 0. The second-order valence-electron chi connectivity index (χ2n) is 5.01. The second kappa shape index (κ2) is 9.32. The van der Waals surface area contributed by atoms with Crippen LogP contribution >= 0.6 is 23.3 Å². The first-order valence-electron chi connectivity index (χ1n) is 7.25. The van der Waals surface area contributed by atoms with Gasteiger partial charge < -0.3 is 0 Å². The molecule has 112 valence electrons. The fourth-order valence-corrected chi connectivity index (χ4v) is 3.53. The van der Waals surface area contributed by atoms with Gasteiger partial charge in [0.1, 0.15) is 11.4 Å². The molecule has 6 heteroatoms. The molecule has 0 saturated heterocycles. The molecule has 0 aliphatic rings. The van der Waals surface area contributed by atoms with E-state index in [4.69, 9.17) is 0 Å². The van der Waals surface area contributed by atoms with Crippen molar-refractivity contribution in [2.75, 3.05) is 12.3 Å². The first-order valence-corrected chi connectivity index (χ1v) is 9.01. The van der Waals surface area contributed by atoms with E-state index >= 15 is 0 Å². The maximum Gasteiger partial charge on any atom is 0.170 e. The van der Waals surface area contributed by atoms with E-state index in [0.717, 1.165) is 54.6 Å². The highest BCUT2D eigenvalue weighted by atomic mass is 32.2. The van der Waals surface area contributed by atoms with Gasteiger partial charge in [-0.2, -0.15) is 9.64 Å². The predicted octanol–water partition coefficient (Wildman–Crippen LogP) is 3.64. The first kappa shape index (κ1) is 17.4. The number of aromatic nitrogens is 2. The minimum Gasteiger partial charge on any atom is -0.300 e. The summed E-state index contributed by atoms with van der Waals surface area (Å²) in [6.07, 6.45) is 5.04. The second-order valence-corrected chi connectivity index (χ2v) is 7.10. The van der Waals surface area contributed by atoms with Crippen molar-refractivity contribution in [3.05, 3.63) is 5.82 Å². The molecule has 0 radical (unpaired) electrons. The van der Waals surface area contributed by atoms with E-state index in [-0.39, 0.29) is 5.54 Å². The highest BCUT2D eigenvalue weighted by Crippen LogP contribution is 2.22. The quantitative estimate of drug-likeness (QED) is 0.528. The van der Waals surface area contributed by atoms with E-state index in [1.165, 1.54) is 11.5 Å². The SMILES string of the molecule is CCCNC(C)(C#N)CCCCSc1nc(CC)ns1. The van der Waals surface area contributed by atoms with Crippen LogP contribution in [0.5, 0.6) is 0 Å². The van der Waals surface area contributed by atoms with E-state index < -0.39 is 0 Å². The van der Waals surface area contributed by atoms with Crippen LogP contribution < -0.4 is 5.32 Å². The van der Waals surface area contributed by atoms with E-state index in [9.17, 15) is 5.26 Å². The zero-order chi connectivity index (χ0) is 14.8. The molecule has 0 saturated carbocycles. The van der Waals surface area contributed by atoms with Gasteiger partial charge in [-0.05, 0) is 50.7 Å². The summed E-state index contributed by atoms with van der Waals surface area (Å²) >= 11 is 3.26. The van der Waals surface area contributed by atoms with Crippen LogP contribution in [0.2, 0.25) is 0 Å². The summed E-state index contributed by atoms with van der Waals surface area (Å²) in [5.74, 6) is 1.99. The fourth-order valence-electron chi connectivity index (χ4n) is 1.76. The van der Waals surface area contributed by atoms with Gasteiger partial charge in [0.2, 0.25) is 0 Å². The molecule has 1 heterocycles. The van der Waals surface area contributed by atoms with Gasteiger partial charge in [-0.1, -0.05) is 25.6 Å². The Morgan fingerprint density at radius 1 is 1.40 bits per heavy atom. The molecule has 0 fully saturated rings. The van der Waals surface area contributed by atoms with Crippen molar-refractivity contribution in [3.8, 4) is 6.07 Å². The Morgan fingerprint density at radius 3 is 2.80 bits per heavy atom. The minimum absolute atomic E-state index is 0.376. The number of nitrogens with one attached hydrogen (secondary N) is 1. The maximum absolute atomic E-state index is 9.24. The summed E-state index contributed by atoms with van der Waals surface area (Å²) in [5.41, 5.74) is -0.376. The van der Waals surface area contributed by atoms with E-state index in [1.807, 2.05) is 6.92 Å². The van der Waals surface area contributed by atoms with Crippen molar-refractivity contribution in [2.24, 2.45) is 0 Å². The largest absolute Gasteiger partial charge is 0.300 e. The molecule has 1 N–H and O–H groups in total. The third-order valence-electron chi connectivity index (χ3n) is 3.07. The number of nitrogens with zero attached hydrogens (tertiary/aromatic N) is 3. The fraction of sp³-hybridized carbons (Fsp3) is 0.786. The van der Waals surface area contributed by atoms with E-state index in [0.29, 0.717) is 0 Å². The number of rotatable bonds is 10. The molecular formula is C14H24N4S2. The van der Waals surface area contributed by atoms with Crippen LogP contribution in [0, 0.1) is 11.3 Å². The predicted molar refractivity (Wildman–Crippen MR) is 86.2 cm³/mol. The molecular weight excluding hydrogens is 288 g/mol. The van der Waals surface area contributed by atoms with Crippen LogP contribution in [0.3, 0.4) is 0 Å². The Kier molecular flexibility index (Phi) is 8.12. The lowest BCUT2D eigenvalue weighted by Crippen LogP contribution is -2.41. The van der Waals surface area contributed by atoms with Crippen LogP contribution in [0.1, 0.15) is 52.3 Å². The van der Waals surface area contributed by atoms with Crippen LogP contribution in [-0.4, -0.2) is 27.2 Å². The first-order chi connectivity index (χ1) is 9.63. The van der Waals surface area contributed by atoms with Crippen molar-refractivity contribution < 1.29 is 0 Å². The molecule has 4 nitrogen and oxygen atoms in total. The number of thioether (sulfide) groups is 1. The normalized spacial score (nSPS) is 13.9. The Labute approximate surface area is 130 Å². The van der Waals surface area contributed by atoms with Gasteiger partial charge in [0.05, 0.1) is 6.07 Å². The Morgan fingerprint density at radius 2 is 2.20 bits per heavy atom.